The van der Waals surface area contributed by atoms with Crippen molar-refractivity contribution < 1.29 is 28.6 Å². The summed E-state index contributed by atoms with van der Waals surface area (Å²) in [5.41, 5.74) is 0. The number of unbranched alkanes of at least 4 members (excludes halogenated alkanes) is 39. The van der Waals surface area contributed by atoms with Gasteiger partial charge in [0.15, 0.2) is 6.10 Å². The van der Waals surface area contributed by atoms with Crippen LogP contribution in [0, 0.1) is 0 Å². The molecule has 0 radical (unpaired) electrons. The van der Waals surface area contributed by atoms with E-state index in [0.29, 0.717) is 19.3 Å². The lowest BCUT2D eigenvalue weighted by molar-refractivity contribution is -0.167. The first kappa shape index (κ1) is 74.8. The van der Waals surface area contributed by atoms with Gasteiger partial charge in [-0.25, -0.2) is 0 Å². The molecule has 452 valence electrons. The summed E-state index contributed by atoms with van der Waals surface area (Å²) in [6.07, 6.45) is 86.6. The molecule has 0 bridgehead atoms. The Balaban J connectivity index is 4.13. The third-order valence-corrected chi connectivity index (χ3v) is 14.9. The van der Waals surface area contributed by atoms with Crippen LogP contribution in [0.15, 0.2) is 72.9 Å². The van der Waals surface area contributed by atoms with Crippen molar-refractivity contribution in [3.63, 3.8) is 0 Å². The predicted molar refractivity (Wildman–Crippen MR) is 339 cm³/mol. The molecule has 0 aliphatic rings. The molecule has 0 aromatic heterocycles. The summed E-state index contributed by atoms with van der Waals surface area (Å²) in [7, 11) is 0. The Kier molecular flexibility index (Phi) is 63.7. The van der Waals surface area contributed by atoms with Crippen LogP contribution in [0.2, 0.25) is 0 Å². The van der Waals surface area contributed by atoms with E-state index >= 15 is 0 Å². The highest BCUT2D eigenvalue weighted by Crippen LogP contribution is 2.17. The van der Waals surface area contributed by atoms with Crippen LogP contribution in [-0.4, -0.2) is 37.2 Å². The molecule has 0 rings (SSSR count). The van der Waals surface area contributed by atoms with Gasteiger partial charge in [-0.3, -0.25) is 14.4 Å². The number of carbonyl (C=O) groups excluding carboxylic acids is 3. The topological polar surface area (TPSA) is 78.9 Å². The lowest BCUT2D eigenvalue weighted by atomic mass is 10.0. The highest BCUT2D eigenvalue weighted by atomic mass is 16.6. The van der Waals surface area contributed by atoms with E-state index in [9.17, 15) is 14.4 Å². The summed E-state index contributed by atoms with van der Waals surface area (Å²) >= 11 is 0. The highest BCUT2D eigenvalue weighted by Gasteiger charge is 2.19. The zero-order valence-corrected chi connectivity index (χ0v) is 51.9. The molecule has 0 aromatic rings. The lowest BCUT2D eigenvalue weighted by Gasteiger charge is -2.18. The first-order chi connectivity index (χ1) is 38.5. The quantitative estimate of drug-likeness (QED) is 0.0261. The van der Waals surface area contributed by atoms with Crippen molar-refractivity contribution in [2.75, 3.05) is 13.2 Å². The van der Waals surface area contributed by atoms with E-state index in [1.54, 1.807) is 0 Å². The summed E-state index contributed by atoms with van der Waals surface area (Å²) in [5.74, 6) is -0.892. The standard InChI is InChI=1S/C72H128O6/c1-4-7-10-13-16-19-22-24-26-28-30-31-32-33-34-35-36-37-38-39-40-41-43-44-46-48-50-53-56-59-62-65-71(74)77-68-69(67-76-70(73)64-61-58-55-52-21-18-15-12-9-6-3)78-72(75)66-63-60-57-54-51-49-47-45-42-29-27-25-23-20-17-14-11-8-5-2/h8,11-12,15,17,20,25,27-28,30,42,45,69H,4-7,9-10,13-14,16,18-19,21-24,26,29,31-41,43-44,46-68H2,1-3H3/b11-8-,15-12-,20-17-,27-25-,30-28-,45-42-. The van der Waals surface area contributed by atoms with Gasteiger partial charge in [0.05, 0.1) is 0 Å². The maximum Gasteiger partial charge on any atom is 0.306 e. The molecule has 0 aliphatic heterocycles. The molecule has 1 atom stereocenters. The van der Waals surface area contributed by atoms with Gasteiger partial charge < -0.3 is 14.2 Å². The number of esters is 3. The first-order valence-corrected chi connectivity index (χ1v) is 33.9. The second-order valence-corrected chi connectivity index (χ2v) is 22.7. The Bertz CT molecular complexity index is 1440. The monoisotopic (exact) mass is 1090 g/mol. The van der Waals surface area contributed by atoms with Gasteiger partial charge in [0, 0.05) is 19.3 Å². The van der Waals surface area contributed by atoms with E-state index in [0.717, 1.165) is 109 Å². The normalized spacial score (nSPS) is 12.5. The summed E-state index contributed by atoms with van der Waals surface area (Å²) in [5, 5.41) is 0. The van der Waals surface area contributed by atoms with Crippen LogP contribution < -0.4 is 0 Å². The molecule has 78 heavy (non-hydrogen) atoms. The predicted octanol–water partition coefficient (Wildman–Crippen LogP) is 23.3. The van der Waals surface area contributed by atoms with Gasteiger partial charge in [-0.05, 0) is 103 Å². The molecule has 0 aromatic carbocycles. The van der Waals surface area contributed by atoms with Gasteiger partial charge in [-0.15, -0.1) is 0 Å². The number of hydrogen-bond donors (Lipinski definition) is 0. The Labute approximate surface area is 484 Å². The molecule has 0 fully saturated rings. The lowest BCUT2D eigenvalue weighted by Crippen LogP contribution is -2.30. The van der Waals surface area contributed by atoms with Crippen LogP contribution in [0.1, 0.15) is 348 Å². The molecule has 0 N–H and O–H groups in total. The second-order valence-electron chi connectivity index (χ2n) is 22.7. The minimum absolute atomic E-state index is 0.0815. The number of allylic oxidation sites excluding steroid dienone is 12. The molecule has 0 aliphatic carbocycles. The van der Waals surface area contributed by atoms with Crippen molar-refractivity contribution in [3.8, 4) is 0 Å². The highest BCUT2D eigenvalue weighted by molar-refractivity contribution is 5.71. The van der Waals surface area contributed by atoms with Gasteiger partial charge >= 0.3 is 17.9 Å². The van der Waals surface area contributed by atoms with E-state index in [2.05, 4.69) is 93.7 Å². The van der Waals surface area contributed by atoms with E-state index in [1.807, 2.05) is 0 Å². The van der Waals surface area contributed by atoms with Gasteiger partial charge in [0.2, 0.25) is 0 Å². The van der Waals surface area contributed by atoms with Crippen LogP contribution in [0.4, 0.5) is 0 Å². The number of carbonyl (C=O) groups is 3. The van der Waals surface area contributed by atoms with Gasteiger partial charge in [0.1, 0.15) is 13.2 Å². The summed E-state index contributed by atoms with van der Waals surface area (Å²) in [6, 6.07) is 0. The summed E-state index contributed by atoms with van der Waals surface area (Å²) in [6.45, 7) is 6.49. The van der Waals surface area contributed by atoms with Crippen molar-refractivity contribution in [3.05, 3.63) is 72.9 Å². The van der Waals surface area contributed by atoms with Crippen LogP contribution in [0.25, 0.3) is 0 Å². The van der Waals surface area contributed by atoms with Crippen LogP contribution in [-0.2, 0) is 28.6 Å². The molecular weight excluding hydrogens is 961 g/mol. The third-order valence-electron chi connectivity index (χ3n) is 14.9. The van der Waals surface area contributed by atoms with Crippen LogP contribution in [0.3, 0.4) is 0 Å². The Morgan fingerprint density at radius 2 is 0.526 bits per heavy atom. The number of ether oxygens (including phenoxy) is 3. The average molecular weight is 1090 g/mol. The molecule has 6 heteroatoms. The van der Waals surface area contributed by atoms with Gasteiger partial charge in [-0.2, -0.15) is 0 Å². The maximum atomic E-state index is 12.9. The van der Waals surface area contributed by atoms with Crippen molar-refractivity contribution in [2.45, 2.75) is 354 Å². The van der Waals surface area contributed by atoms with E-state index in [1.165, 1.54) is 199 Å². The van der Waals surface area contributed by atoms with Crippen molar-refractivity contribution in [2.24, 2.45) is 0 Å². The van der Waals surface area contributed by atoms with E-state index in [4.69, 9.17) is 14.2 Å². The van der Waals surface area contributed by atoms with Crippen molar-refractivity contribution in [1.29, 1.82) is 0 Å². The molecule has 0 saturated carbocycles. The molecule has 0 amide bonds. The van der Waals surface area contributed by atoms with Crippen molar-refractivity contribution >= 4 is 17.9 Å². The van der Waals surface area contributed by atoms with Crippen molar-refractivity contribution in [1.82, 2.24) is 0 Å². The zero-order valence-electron chi connectivity index (χ0n) is 51.9. The third kappa shape index (κ3) is 63.7. The van der Waals surface area contributed by atoms with E-state index in [-0.39, 0.29) is 31.1 Å². The molecule has 1 unspecified atom stereocenters. The smallest absolute Gasteiger partial charge is 0.306 e. The van der Waals surface area contributed by atoms with Gasteiger partial charge in [-0.1, -0.05) is 299 Å². The molecule has 6 nitrogen and oxygen atoms in total. The largest absolute Gasteiger partial charge is 0.462 e. The SMILES string of the molecule is CC/C=C\C/C=C\C/C=C\C/C=C\CCCCCCCCC(=O)OC(COC(=O)CCCCCCC/C=C\CCC)COC(=O)CCCCCCCCCCCCCCCCCCCCC/C=C\CCCCCCCCCC. The first-order valence-electron chi connectivity index (χ1n) is 33.9. The van der Waals surface area contributed by atoms with Crippen LogP contribution >= 0.6 is 0 Å². The number of hydrogen-bond acceptors (Lipinski definition) is 6. The Hall–Kier alpha value is -3.15. The average Bonchev–Trinajstić information content (AvgIpc) is 3.44. The fraction of sp³-hybridized carbons (Fsp3) is 0.792. The number of rotatable bonds is 62. The fourth-order valence-corrected chi connectivity index (χ4v) is 9.85. The zero-order chi connectivity index (χ0) is 56.4. The summed E-state index contributed by atoms with van der Waals surface area (Å²) < 4.78 is 16.9. The Morgan fingerprint density at radius 3 is 0.846 bits per heavy atom. The second kappa shape index (κ2) is 66.4. The van der Waals surface area contributed by atoms with Crippen LogP contribution in [0.5, 0.6) is 0 Å². The molecule has 0 saturated heterocycles. The Morgan fingerprint density at radius 1 is 0.269 bits per heavy atom. The molecular formula is C72H128O6. The van der Waals surface area contributed by atoms with Gasteiger partial charge in [0.25, 0.3) is 0 Å². The maximum absolute atomic E-state index is 12.9. The minimum Gasteiger partial charge on any atom is -0.462 e. The summed E-state index contributed by atoms with van der Waals surface area (Å²) in [4.78, 5) is 38.2. The fourth-order valence-electron chi connectivity index (χ4n) is 9.85. The molecule has 0 heterocycles. The molecule has 0 spiro atoms. The minimum atomic E-state index is -0.786. The van der Waals surface area contributed by atoms with E-state index < -0.39 is 6.10 Å².